The molecular formula is C18H14FNO4. The van der Waals surface area contributed by atoms with Gasteiger partial charge in [0.1, 0.15) is 18.5 Å². The number of imide groups is 1. The summed E-state index contributed by atoms with van der Waals surface area (Å²) in [4.78, 5) is 37.7. The lowest BCUT2D eigenvalue weighted by Crippen LogP contribution is -2.43. The standard InChI is InChI=1S/C18H14FNO4/c1-11(18(23)24-10-12-6-2-5-9-15(12)19)20-16(21)13-7-3-4-8-14(13)17(20)22/h2-9,11H,10H2,1H3/t11-/m0/s1. The van der Waals surface area contributed by atoms with E-state index >= 15 is 0 Å². The van der Waals surface area contributed by atoms with Crippen LogP contribution in [0.25, 0.3) is 0 Å². The number of carbonyl (C=O) groups is 3. The van der Waals surface area contributed by atoms with Crippen LogP contribution in [0.15, 0.2) is 48.5 Å². The van der Waals surface area contributed by atoms with Crippen molar-refractivity contribution < 1.29 is 23.5 Å². The summed E-state index contributed by atoms with van der Waals surface area (Å²) in [7, 11) is 0. The molecule has 0 aliphatic carbocycles. The molecule has 1 heterocycles. The van der Waals surface area contributed by atoms with Crippen LogP contribution in [0, 0.1) is 5.82 Å². The monoisotopic (exact) mass is 327 g/mol. The predicted molar refractivity (Wildman–Crippen MR) is 82.6 cm³/mol. The first-order chi connectivity index (χ1) is 11.5. The van der Waals surface area contributed by atoms with E-state index < -0.39 is 29.6 Å². The quantitative estimate of drug-likeness (QED) is 0.639. The van der Waals surface area contributed by atoms with Gasteiger partial charge in [-0.3, -0.25) is 14.5 Å². The molecule has 2 aromatic rings. The molecule has 5 nitrogen and oxygen atoms in total. The van der Waals surface area contributed by atoms with Gasteiger partial charge in [0.2, 0.25) is 0 Å². The van der Waals surface area contributed by atoms with Gasteiger partial charge in [-0.25, -0.2) is 9.18 Å². The molecule has 2 aromatic carbocycles. The van der Waals surface area contributed by atoms with E-state index in [4.69, 9.17) is 4.74 Å². The van der Waals surface area contributed by atoms with E-state index in [1.165, 1.54) is 37.3 Å². The minimum atomic E-state index is -1.09. The predicted octanol–water partition coefficient (Wildman–Crippen LogP) is 2.55. The molecule has 1 aliphatic rings. The second kappa shape index (κ2) is 6.23. The maximum Gasteiger partial charge on any atom is 0.329 e. The zero-order valence-corrected chi connectivity index (χ0v) is 12.9. The molecule has 0 saturated heterocycles. The highest BCUT2D eigenvalue weighted by Gasteiger charge is 2.41. The van der Waals surface area contributed by atoms with Gasteiger partial charge in [-0.05, 0) is 25.1 Å². The maximum absolute atomic E-state index is 13.5. The number of rotatable bonds is 4. The molecule has 1 aliphatic heterocycles. The van der Waals surface area contributed by atoms with Gasteiger partial charge in [0.05, 0.1) is 11.1 Å². The lowest BCUT2D eigenvalue weighted by Gasteiger charge is -2.21. The lowest BCUT2D eigenvalue weighted by molar-refractivity contribution is -0.149. The number of fused-ring (bicyclic) bond motifs is 1. The van der Waals surface area contributed by atoms with E-state index in [1.807, 2.05) is 0 Å². The molecule has 0 saturated carbocycles. The van der Waals surface area contributed by atoms with Gasteiger partial charge in [0, 0.05) is 5.56 Å². The number of hydrogen-bond donors (Lipinski definition) is 0. The fourth-order valence-corrected chi connectivity index (χ4v) is 2.55. The lowest BCUT2D eigenvalue weighted by atomic mass is 10.1. The fraction of sp³-hybridized carbons (Fsp3) is 0.167. The van der Waals surface area contributed by atoms with Crippen LogP contribution >= 0.6 is 0 Å². The van der Waals surface area contributed by atoms with Crippen molar-refractivity contribution in [1.29, 1.82) is 0 Å². The number of carbonyl (C=O) groups excluding carboxylic acids is 3. The van der Waals surface area contributed by atoms with Gasteiger partial charge in [-0.2, -0.15) is 0 Å². The summed E-state index contributed by atoms with van der Waals surface area (Å²) in [6, 6.07) is 11.2. The van der Waals surface area contributed by atoms with Crippen molar-refractivity contribution in [3.8, 4) is 0 Å². The minimum Gasteiger partial charge on any atom is -0.459 e. The summed E-state index contributed by atoms with van der Waals surface area (Å²) in [5.74, 6) is -2.33. The zero-order chi connectivity index (χ0) is 17.3. The van der Waals surface area contributed by atoms with E-state index in [1.54, 1.807) is 18.2 Å². The molecule has 3 rings (SSSR count). The Balaban J connectivity index is 1.72. The normalized spacial score (nSPS) is 14.5. The molecule has 122 valence electrons. The second-order valence-electron chi connectivity index (χ2n) is 5.40. The third-order valence-corrected chi connectivity index (χ3v) is 3.88. The summed E-state index contributed by atoms with van der Waals surface area (Å²) in [6.45, 7) is 1.14. The number of ether oxygens (including phenoxy) is 1. The van der Waals surface area contributed by atoms with Crippen LogP contribution in [0.3, 0.4) is 0 Å². The summed E-state index contributed by atoms with van der Waals surface area (Å²) >= 11 is 0. The first-order valence-electron chi connectivity index (χ1n) is 7.37. The smallest absolute Gasteiger partial charge is 0.329 e. The second-order valence-corrected chi connectivity index (χ2v) is 5.40. The van der Waals surface area contributed by atoms with E-state index in [0.717, 1.165) is 4.90 Å². The Labute approximate surface area is 137 Å². The first kappa shape index (κ1) is 15.9. The van der Waals surface area contributed by atoms with Crippen LogP contribution in [0.5, 0.6) is 0 Å². The first-order valence-corrected chi connectivity index (χ1v) is 7.37. The van der Waals surface area contributed by atoms with E-state index in [-0.39, 0.29) is 23.3 Å². The van der Waals surface area contributed by atoms with Gasteiger partial charge in [0.15, 0.2) is 0 Å². The summed E-state index contributed by atoms with van der Waals surface area (Å²) in [5.41, 5.74) is 0.743. The minimum absolute atomic E-state index is 0.223. The molecule has 0 radical (unpaired) electrons. The van der Waals surface area contributed by atoms with E-state index in [0.29, 0.717) is 0 Å². The van der Waals surface area contributed by atoms with Gasteiger partial charge < -0.3 is 4.74 Å². The van der Waals surface area contributed by atoms with Gasteiger partial charge >= 0.3 is 5.97 Å². The summed E-state index contributed by atoms with van der Waals surface area (Å²) < 4.78 is 18.6. The van der Waals surface area contributed by atoms with Gasteiger partial charge in [-0.1, -0.05) is 30.3 Å². The van der Waals surface area contributed by atoms with Crippen LogP contribution < -0.4 is 0 Å². The highest BCUT2D eigenvalue weighted by Crippen LogP contribution is 2.25. The molecule has 2 amide bonds. The molecule has 0 N–H and O–H groups in total. The van der Waals surface area contributed by atoms with Crippen LogP contribution in [0.2, 0.25) is 0 Å². The van der Waals surface area contributed by atoms with Crippen molar-refractivity contribution in [3.63, 3.8) is 0 Å². The molecule has 6 heteroatoms. The highest BCUT2D eigenvalue weighted by atomic mass is 19.1. The average Bonchev–Trinajstić information content (AvgIpc) is 2.85. The Kier molecular flexibility index (Phi) is 4.12. The molecule has 0 aromatic heterocycles. The zero-order valence-electron chi connectivity index (χ0n) is 12.9. The molecule has 0 spiro atoms. The fourth-order valence-electron chi connectivity index (χ4n) is 2.55. The Morgan fingerprint density at radius 2 is 1.58 bits per heavy atom. The Bertz CT molecular complexity index is 798. The Morgan fingerprint density at radius 3 is 2.17 bits per heavy atom. The third-order valence-electron chi connectivity index (χ3n) is 3.88. The maximum atomic E-state index is 13.5. The van der Waals surface area contributed by atoms with Crippen molar-refractivity contribution in [2.45, 2.75) is 19.6 Å². The van der Waals surface area contributed by atoms with Crippen LogP contribution in [-0.4, -0.2) is 28.7 Å². The molecule has 0 bridgehead atoms. The Hall–Kier alpha value is -3.02. The summed E-state index contributed by atoms with van der Waals surface area (Å²) in [5, 5.41) is 0. The number of hydrogen-bond acceptors (Lipinski definition) is 4. The number of esters is 1. The van der Waals surface area contributed by atoms with Crippen molar-refractivity contribution in [2.24, 2.45) is 0 Å². The molecule has 0 fully saturated rings. The van der Waals surface area contributed by atoms with Crippen molar-refractivity contribution in [2.75, 3.05) is 0 Å². The SMILES string of the molecule is C[C@@H](C(=O)OCc1ccccc1F)N1C(=O)c2ccccc2C1=O. The van der Waals surface area contributed by atoms with Gasteiger partial charge in [0.25, 0.3) is 11.8 Å². The topological polar surface area (TPSA) is 63.7 Å². The number of benzene rings is 2. The van der Waals surface area contributed by atoms with Crippen LogP contribution in [0.4, 0.5) is 4.39 Å². The van der Waals surface area contributed by atoms with Crippen molar-refractivity contribution >= 4 is 17.8 Å². The number of nitrogens with zero attached hydrogens (tertiary/aromatic N) is 1. The van der Waals surface area contributed by atoms with Crippen molar-refractivity contribution in [3.05, 3.63) is 71.0 Å². The number of amides is 2. The molecular weight excluding hydrogens is 313 g/mol. The van der Waals surface area contributed by atoms with E-state index in [2.05, 4.69) is 0 Å². The molecule has 24 heavy (non-hydrogen) atoms. The summed E-state index contributed by atoms with van der Waals surface area (Å²) in [6.07, 6.45) is 0. The molecule has 0 unspecified atom stereocenters. The third kappa shape index (κ3) is 2.67. The van der Waals surface area contributed by atoms with E-state index in [9.17, 15) is 18.8 Å². The Morgan fingerprint density at radius 1 is 1.04 bits per heavy atom. The number of halogens is 1. The highest BCUT2D eigenvalue weighted by molar-refractivity contribution is 6.22. The van der Waals surface area contributed by atoms with Crippen LogP contribution in [-0.2, 0) is 16.1 Å². The van der Waals surface area contributed by atoms with Gasteiger partial charge in [-0.15, -0.1) is 0 Å². The van der Waals surface area contributed by atoms with Crippen LogP contribution in [0.1, 0.15) is 33.2 Å². The largest absolute Gasteiger partial charge is 0.459 e. The molecule has 1 atom stereocenters. The average molecular weight is 327 g/mol. The van der Waals surface area contributed by atoms with Crippen molar-refractivity contribution in [1.82, 2.24) is 4.90 Å².